The van der Waals surface area contributed by atoms with Crippen molar-refractivity contribution >= 4 is 116 Å². The number of benzene rings is 14. The van der Waals surface area contributed by atoms with Crippen LogP contribution < -0.4 is 35.0 Å². The maximum Gasteiger partial charge on any atom is 0.488 e. The number of halogens is 1. The number of para-hydroxylation sites is 2. The molecule has 0 heterocycles. The Bertz CT molecular complexity index is 6540. The summed E-state index contributed by atoms with van der Waals surface area (Å²) in [5.41, 5.74) is 12.0. The van der Waals surface area contributed by atoms with Gasteiger partial charge in [0.15, 0.2) is 0 Å². The van der Waals surface area contributed by atoms with Gasteiger partial charge in [-0.05, 0) is 264 Å². The Balaban J connectivity index is 0.000000191. The minimum absolute atomic E-state index is 0. The normalized spacial score (nSPS) is 12.0. The third kappa shape index (κ3) is 32.5. The van der Waals surface area contributed by atoms with Gasteiger partial charge < -0.3 is 36.0 Å². The van der Waals surface area contributed by atoms with Crippen molar-refractivity contribution in [2.45, 2.75) is 90.2 Å². The minimum atomic E-state index is -4.06. The molecule has 4 atom stereocenters. The molecule has 0 aliphatic carbocycles. The summed E-state index contributed by atoms with van der Waals surface area (Å²) < 4.78 is 112. The van der Waals surface area contributed by atoms with Gasteiger partial charge in [0.05, 0.1) is 30.7 Å². The number of hydrogen-bond donors (Lipinski definition) is 11. The molecule has 31 heteroatoms. The van der Waals surface area contributed by atoms with Crippen LogP contribution in [0.1, 0.15) is 84.5 Å². The second kappa shape index (κ2) is 49.4. The molecule has 671 valence electrons. The largest absolute Gasteiger partial charge is 0.488 e. The number of sulfonamides is 4. The van der Waals surface area contributed by atoms with E-state index in [2.05, 4.69) is 52.1 Å². The van der Waals surface area contributed by atoms with E-state index < -0.39 is 71.2 Å². The molecular weight excluding hydrogens is 1890 g/mol. The van der Waals surface area contributed by atoms with Gasteiger partial charge in [-0.15, -0.1) is 0 Å². The summed E-state index contributed by atoms with van der Waals surface area (Å²) in [6.07, 6.45) is 1.92. The van der Waals surface area contributed by atoms with Gasteiger partial charge in [-0.2, -0.15) is 4.72 Å². The standard InChI is InChI=1S/C28H24N2O5S.C28H26N2O3S.C22H21NO4S.C15H16INO2S.C7H7BO4.V/c31-27(29-24-9-5-2-6-10-24)23-13-11-21(12-14-23)22-15-17-25(18-16-22)36(34,35)30-26(28(32)33)19-20-7-3-1-4-8-20;1-21(20-22-8-4-2-5-9-22)30-34(32,33)27-18-16-24(17-19-27)23-12-14-25(15-13-23)28(31)29-26-10-6-3-7-11-26;1-16(15-17-5-3-2-4-6-17)23-28(26,27)21-13-11-19(12-14-21)18-7-9-20(10-8-18)22(24)25;1-12(11-13-5-3-2-4-6-13)17-20(18,19)15-9-7-14(16)8-10-15;9-7(10)5-1-3-6(4-2-5)8(11)12;/h1-18,26,30H,19H2,(H,29,31)(H,32,33);2-19,21,30H,20H2,1H3,(H,29,31);2-14,16,23H,15H2,1H3,(H,24,25);2-10,12,17H,11H2,1H3;1-4,11-12H,(H,9,10);/t26-;21-;16-;12-;;/m1000../s1. The number of carbonyl (C=O) groups is 5. The summed E-state index contributed by atoms with van der Waals surface area (Å²) >= 11 is 2.15. The van der Waals surface area contributed by atoms with Gasteiger partial charge in [-0.1, -0.05) is 243 Å². The molecule has 24 nitrogen and oxygen atoms in total. The number of aromatic carboxylic acids is 2. The zero-order valence-corrected chi connectivity index (χ0v) is 77.8. The number of aliphatic carboxylic acids is 1. The quantitative estimate of drug-likeness (QED) is 0.0142. The van der Waals surface area contributed by atoms with Crippen molar-refractivity contribution in [1.82, 2.24) is 18.9 Å². The zero-order valence-electron chi connectivity index (χ0n) is 71.0. The van der Waals surface area contributed by atoms with Crippen molar-refractivity contribution in [3.63, 3.8) is 0 Å². The predicted molar refractivity (Wildman–Crippen MR) is 515 cm³/mol. The maximum atomic E-state index is 12.8. The van der Waals surface area contributed by atoms with E-state index >= 15 is 0 Å². The van der Waals surface area contributed by atoms with Gasteiger partial charge in [0.1, 0.15) is 6.04 Å². The number of rotatable bonds is 31. The SMILES string of the molecule is C[C@@H](Cc1ccccc1)NS(=O)(=O)c1ccc(-c2ccc(C(=O)Nc3ccccc3)cc2)cc1.C[C@@H](Cc1ccccc1)NS(=O)(=O)c1ccc(-c2ccc(C(=O)O)cc2)cc1.C[C@@H](Cc1ccccc1)NS(=O)(=O)c1ccc(I)cc1.O=C(Nc1ccccc1)c1ccc(-c2ccc(S(=O)(=O)N[C@H](Cc3ccccc3)C(=O)O)cc2)cc1.O=C(O)c1ccc(B(O)O)cc1.[V]. The Labute approximate surface area is 788 Å². The number of amides is 2. The molecule has 0 aliphatic rings. The molecular formula is C100H94BIN6O18S4V. The topological polar surface area (TPSA) is 395 Å². The van der Waals surface area contributed by atoms with Crippen LogP contribution in [0.5, 0.6) is 0 Å². The Morgan fingerprint density at radius 2 is 0.511 bits per heavy atom. The average molecular weight is 1980 g/mol. The summed E-state index contributed by atoms with van der Waals surface area (Å²) in [7, 11) is -16.3. The van der Waals surface area contributed by atoms with Crippen molar-refractivity contribution < 1.29 is 102 Å². The van der Waals surface area contributed by atoms with Crippen molar-refractivity contribution in [1.29, 1.82) is 0 Å². The summed E-state index contributed by atoms with van der Waals surface area (Å²) in [6.45, 7) is 5.56. The van der Waals surface area contributed by atoms with Crippen LogP contribution in [0.4, 0.5) is 11.4 Å². The molecule has 14 rings (SSSR count). The van der Waals surface area contributed by atoms with Gasteiger partial charge in [0.25, 0.3) is 11.8 Å². The molecule has 11 N–H and O–H groups in total. The van der Waals surface area contributed by atoms with Gasteiger partial charge in [0, 0.05) is 62.8 Å². The second-order valence-electron chi connectivity index (χ2n) is 29.8. The van der Waals surface area contributed by atoms with E-state index in [-0.39, 0.29) is 86.2 Å². The first-order valence-corrected chi connectivity index (χ1v) is 47.7. The fourth-order valence-electron chi connectivity index (χ4n) is 13.1. The molecule has 0 saturated heterocycles. The fourth-order valence-corrected chi connectivity index (χ4v) is 18.4. The molecule has 2 amide bonds. The average Bonchev–Trinajstić information content (AvgIpc) is 0.813. The van der Waals surface area contributed by atoms with Crippen molar-refractivity contribution in [3.8, 4) is 33.4 Å². The van der Waals surface area contributed by atoms with Crippen molar-refractivity contribution in [3.05, 3.63) is 424 Å². The van der Waals surface area contributed by atoms with Crippen LogP contribution in [0.15, 0.2) is 396 Å². The van der Waals surface area contributed by atoms with Crippen LogP contribution in [0.25, 0.3) is 33.4 Å². The van der Waals surface area contributed by atoms with Crippen molar-refractivity contribution in [2.75, 3.05) is 10.6 Å². The molecule has 0 aromatic heterocycles. The van der Waals surface area contributed by atoms with E-state index in [1.54, 1.807) is 176 Å². The number of carbonyl (C=O) groups excluding carboxylic acids is 2. The Morgan fingerprint density at radius 3 is 0.763 bits per heavy atom. The van der Waals surface area contributed by atoms with Crippen LogP contribution in [0.2, 0.25) is 0 Å². The summed E-state index contributed by atoms with van der Waals surface area (Å²) in [6, 6.07) is 107. The molecule has 0 saturated carbocycles. The molecule has 0 aliphatic heterocycles. The van der Waals surface area contributed by atoms with Crippen LogP contribution in [-0.4, -0.2) is 120 Å². The number of carboxylic acid groups (broad SMARTS) is 3. The smallest absolute Gasteiger partial charge is 0.480 e. The molecule has 0 spiro atoms. The summed E-state index contributed by atoms with van der Waals surface area (Å²) in [5.74, 6) is -3.69. The van der Waals surface area contributed by atoms with Crippen LogP contribution in [0, 0.1) is 3.57 Å². The molecule has 131 heavy (non-hydrogen) atoms. The molecule has 0 bridgehead atoms. The van der Waals surface area contributed by atoms with Crippen molar-refractivity contribution in [2.24, 2.45) is 0 Å². The van der Waals surface area contributed by atoms with E-state index in [4.69, 9.17) is 20.3 Å². The van der Waals surface area contributed by atoms with Gasteiger partial charge in [-0.3, -0.25) is 14.4 Å². The third-order valence-electron chi connectivity index (χ3n) is 19.7. The number of carboxylic acids is 3. The predicted octanol–water partition coefficient (Wildman–Crippen LogP) is 16.3. The van der Waals surface area contributed by atoms with E-state index in [0.29, 0.717) is 46.5 Å². The molecule has 14 aromatic carbocycles. The number of hydrogen-bond acceptors (Lipinski definition) is 15. The third-order valence-corrected chi connectivity index (χ3v) is 26.7. The maximum absolute atomic E-state index is 12.8. The summed E-state index contributed by atoms with van der Waals surface area (Å²) in [5, 5.41) is 50.0. The van der Waals surface area contributed by atoms with E-state index in [1.807, 2.05) is 172 Å². The van der Waals surface area contributed by atoms with E-state index in [9.17, 15) is 62.8 Å². The zero-order chi connectivity index (χ0) is 93.4. The second-order valence-corrected chi connectivity index (χ2v) is 37.9. The van der Waals surface area contributed by atoms with Gasteiger partial charge in [0.2, 0.25) is 40.1 Å². The molecule has 0 unspecified atom stereocenters. The fraction of sp³-hybridized carbons (Fsp3) is 0.110. The first-order chi connectivity index (χ1) is 62.1. The van der Waals surface area contributed by atoms with Crippen LogP contribution in [-0.2, 0) is 89.1 Å². The molecule has 0 fully saturated rings. The Hall–Kier alpha value is -12.6. The molecule has 14 aromatic rings. The first-order valence-electron chi connectivity index (χ1n) is 40.7. The van der Waals surface area contributed by atoms with Gasteiger partial charge >= 0.3 is 25.0 Å². The van der Waals surface area contributed by atoms with Crippen LogP contribution >= 0.6 is 22.6 Å². The summed E-state index contributed by atoms with van der Waals surface area (Å²) in [4.78, 5) is 58.5. The Kier molecular flexibility index (Phi) is 38.5. The van der Waals surface area contributed by atoms with Gasteiger partial charge in [-0.25, -0.2) is 57.4 Å². The Morgan fingerprint density at radius 1 is 0.290 bits per heavy atom. The monoisotopic (exact) mass is 1980 g/mol. The van der Waals surface area contributed by atoms with E-state index in [1.165, 1.54) is 48.5 Å². The van der Waals surface area contributed by atoms with Crippen LogP contribution in [0.3, 0.4) is 0 Å². The first kappa shape index (κ1) is 102. The number of nitrogens with one attached hydrogen (secondary N) is 6. The minimum Gasteiger partial charge on any atom is -0.480 e. The molecule has 1 radical (unpaired) electrons. The number of anilines is 2. The van der Waals surface area contributed by atoms with E-state index in [0.717, 1.165) is 59.3 Å².